The lowest BCUT2D eigenvalue weighted by Gasteiger charge is -2.15. The highest BCUT2D eigenvalue weighted by molar-refractivity contribution is 5.92. The van der Waals surface area contributed by atoms with E-state index in [9.17, 15) is 18.4 Å². The molecule has 8 heteroatoms. The maximum absolute atomic E-state index is 13.5. The molecule has 2 amide bonds. The van der Waals surface area contributed by atoms with Gasteiger partial charge in [0, 0.05) is 6.42 Å². The first-order chi connectivity index (χ1) is 12.9. The van der Waals surface area contributed by atoms with E-state index in [0.717, 1.165) is 31.3 Å². The molecule has 0 fully saturated rings. The van der Waals surface area contributed by atoms with Crippen molar-refractivity contribution in [2.75, 3.05) is 13.1 Å². The van der Waals surface area contributed by atoms with Gasteiger partial charge in [-0.1, -0.05) is 13.8 Å². The third-order valence-corrected chi connectivity index (χ3v) is 4.10. The largest absolute Gasteiger partial charge is 0.454 e. The van der Waals surface area contributed by atoms with E-state index in [1.54, 1.807) is 6.07 Å². The Labute approximate surface area is 156 Å². The Kier molecular flexibility index (Phi) is 7.48. The van der Waals surface area contributed by atoms with Crippen LogP contribution in [0.1, 0.15) is 42.1 Å². The van der Waals surface area contributed by atoms with Crippen LogP contribution in [0.3, 0.4) is 0 Å². The van der Waals surface area contributed by atoms with Crippen molar-refractivity contribution in [3.8, 4) is 0 Å². The second-order valence-corrected chi connectivity index (χ2v) is 5.97. The second-order valence-electron chi connectivity index (χ2n) is 5.97. The van der Waals surface area contributed by atoms with Crippen LogP contribution < -0.4 is 10.9 Å². The van der Waals surface area contributed by atoms with Gasteiger partial charge < -0.3 is 4.42 Å². The summed E-state index contributed by atoms with van der Waals surface area (Å²) in [5, 5.41) is 0. The molecule has 0 radical (unpaired) electrons. The fraction of sp³-hybridized carbons (Fsp3) is 0.368. The number of benzene rings is 1. The number of nitrogens with one attached hydrogen (secondary N) is 2. The number of hydrazine groups is 1. The molecule has 0 bridgehead atoms. The zero-order valence-corrected chi connectivity index (χ0v) is 15.4. The summed E-state index contributed by atoms with van der Waals surface area (Å²) in [6, 6.07) is 6.31. The van der Waals surface area contributed by atoms with E-state index >= 15 is 0 Å². The molecular formula is C19H23F2N3O3. The number of carbonyl (C=O) groups is 2. The van der Waals surface area contributed by atoms with E-state index in [1.165, 1.54) is 6.07 Å². The molecule has 0 spiro atoms. The molecule has 0 saturated carbocycles. The molecule has 27 heavy (non-hydrogen) atoms. The number of hydrogen-bond donors (Lipinski definition) is 2. The summed E-state index contributed by atoms with van der Waals surface area (Å²) in [6.07, 6.45) is -0.0912. The maximum atomic E-state index is 13.5. The molecule has 2 rings (SSSR count). The summed E-state index contributed by atoms with van der Waals surface area (Å²) >= 11 is 0. The lowest BCUT2D eigenvalue weighted by Crippen LogP contribution is -2.41. The van der Waals surface area contributed by atoms with E-state index < -0.39 is 23.4 Å². The van der Waals surface area contributed by atoms with Gasteiger partial charge in [-0.15, -0.1) is 0 Å². The molecule has 2 aromatic rings. The van der Waals surface area contributed by atoms with Crippen molar-refractivity contribution < 1.29 is 22.8 Å². The van der Waals surface area contributed by atoms with Crippen molar-refractivity contribution >= 4 is 11.8 Å². The van der Waals surface area contributed by atoms with Gasteiger partial charge >= 0.3 is 5.91 Å². The third-order valence-electron chi connectivity index (χ3n) is 4.10. The number of aryl methyl sites for hydroxylation is 1. The van der Waals surface area contributed by atoms with E-state index in [4.69, 9.17) is 4.42 Å². The summed E-state index contributed by atoms with van der Waals surface area (Å²) in [4.78, 5) is 25.9. The molecule has 0 saturated heterocycles. The van der Waals surface area contributed by atoms with Gasteiger partial charge in [-0.05, 0) is 55.4 Å². The van der Waals surface area contributed by atoms with Gasteiger partial charge in [0.2, 0.25) is 5.91 Å². The quantitative estimate of drug-likeness (QED) is 0.692. The predicted octanol–water partition coefficient (Wildman–Crippen LogP) is 2.79. The second kappa shape index (κ2) is 9.82. The van der Waals surface area contributed by atoms with E-state index in [0.29, 0.717) is 12.3 Å². The molecule has 0 unspecified atom stereocenters. The van der Waals surface area contributed by atoms with Gasteiger partial charge in [0.05, 0.1) is 6.54 Å². The van der Waals surface area contributed by atoms with Crippen molar-refractivity contribution in [2.24, 2.45) is 0 Å². The maximum Gasteiger partial charge on any atom is 0.305 e. The molecule has 0 aliphatic rings. The topological polar surface area (TPSA) is 74.6 Å². The standard InChI is InChI=1S/C19H23F2N3O3/c1-3-24(4-2)12-15-7-9-17(27-15)19(26)23-22-18(25)10-5-13-11-14(20)6-8-16(13)21/h6-9,11H,3-5,10,12H2,1-2H3,(H,22,25)(H,23,26). The molecule has 1 aromatic heterocycles. The van der Waals surface area contributed by atoms with Gasteiger partial charge in [-0.3, -0.25) is 25.3 Å². The lowest BCUT2D eigenvalue weighted by molar-refractivity contribution is -0.121. The Morgan fingerprint density at radius 3 is 2.52 bits per heavy atom. The monoisotopic (exact) mass is 379 g/mol. The van der Waals surface area contributed by atoms with Crippen molar-refractivity contribution in [3.05, 3.63) is 59.1 Å². The predicted molar refractivity (Wildman–Crippen MR) is 95.6 cm³/mol. The number of nitrogens with zero attached hydrogens (tertiary/aromatic N) is 1. The number of carbonyl (C=O) groups excluding carboxylic acids is 2. The molecule has 0 atom stereocenters. The Morgan fingerprint density at radius 2 is 1.81 bits per heavy atom. The van der Waals surface area contributed by atoms with E-state index in [-0.39, 0.29) is 24.2 Å². The lowest BCUT2D eigenvalue weighted by atomic mass is 10.1. The highest BCUT2D eigenvalue weighted by Gasteiger charge is 2.14. The fourth-order valence-electron chi connectivity index (χ4n) is 2.49. The first kappa shape index (κ1) is 20.6. The fourth-order valence-corrected chi connectivity index (χ4v) is 2.49. The summed E-state index contributed by atoms with van der Waals surface area (Å²) in [5.74, 6) is -1.54. The van der Waals surface area contributed by atoms with Gasteiger partial charge in [-0.25, -0.2) is 8.78 Å². The Balaban J connectivity index is 1.80. The molecule has 0 aliphatic heterocycles. The summed E-state index contributed by atoms with van der Waals surface area (Å²) in [5.41, 5.74) is 4.58. The number of hydrogen-bond acceptors (Lipinski definition) is 4. The average Bonchev–Trinajstić information content (AvgIpc) is 3.13. The zero-order valence-electron chi connectivity index (χ0n) is 15.4. The van der Waals surface area contributed by atoms with Crippen molar-refractivity contribution in [3.63, 3.8) is 0 Å². The SMILES string of the molecule is CCN(CC)Cc1ccc(C(=O)NNC(=O)CCc2cc(F)ccc2F)o1. The van der Waals surface area contributed by atoms with Gasteiger partial charge in [0.1, 0.15) is 17.4 Å². The zero-order chi connectivity index (χ0) is 19.8. The van der Waals surface area contributed by atoms with Crippen molar-refractivity contribution in [2.45, 2.75) is 33.2 Å². The van der Waals surface area contributed by atoms with Gasteiger partial charge in [0.25, 0.3) is 0 Å². The van der Waals surface area contributed by atoms with Crippen molar-refractivity contribution in [1.29, 1.82) is 0 Å². The molecule has 6 nitrogen and oxygen atoms in total. The molecule has 0 aliphatic carbocycles. The highest BCUT2D eigenvalue weighted by atomic mass is 19.1. The Bertz CT molecular complexity index is 788. The van der Waals surface area contributed by atoms with Crippen LogP contribution in [-0.4, -0.2) is 29.8 Å². The van der Waals surface area contributed by atoms with Crippen LogP contribution in [0.5, 0.6) is 0 Å². The van der Waals surface area contributed by atoms with Gasteiger partial charge in [0.15, 0.2) is 5.76 Å². The van der Waals surface area contributed by atoms with Crippen LogP contribution in [0.2, 0.25) is 0 Å². The minimum Gasteiger partial charge on any atom is -0.454 e. The van der Waals surface area contributed by atoms with Crippen LogP contribution in [0, 0.1) is 11.6 Å². The molecule has 1 heterocycles. The van der Waals surface area contributed by atoms with E-state index in [1.807, 2.05) is 13.8 Å². The summed E-state index contributed by atoms with van der Waals surface area (Å²) in [6.45, 7) is 6.38. The van der Waals surface area contributed by atoms with Crippen molar-refractivity contribution in [1.82, 2.24) is 15.8 Å². The Hall–Kier alpha value is -2.74. The van der Waals surface area contributed by atoms with Crippen LogP contribution in [0.15, 0.2) is 34.7 Å². The first-order valence-electron chi connectivity index (χ1n) is 8.77. The van der Waals surface area contributed by atoms with Crippen LogP contribution >= 0.6 is 0 Å². The molecular weight excluding hydrogens is 356 g/mol. The number of furan rings is 1. The minimum atomic E-state index is -0.592. The third kappa shape index (κ3) is 6.18. The molecule has 1 aromatic carbocycles. The van der Waals surface area contributed by atoms with Gasteiger partial charge in [-0.2, -0.15) is 0 Å². The average molecular weight is 379 g/mol. The molecule has 2 N–H and O–H groups in total. The summed E-state index contributed by atoms with van der Waals surface area (Å²) < 4.78 is 32.1. The minimum absolute atomic E-state index is 0.0140. The number of rotatable bonds is 8. The van der Waals surface area contributed by atoms with Crippen LogP contribution in [0.4, 0.5) is 8.78 Å². The highest BCUT2D eigenvalue weighted by Crippen LogP contribution is 2.12. The molecule has 146 valence electrons. The normalized spacial score (nSPS) is 10.9. The Morgan fingerprint density at radius 1 is 1.07 bits per heavy atom. The van der Waals surface area contributed by atoms with Crippen LogP contribution in [0.25, 0.3) is 0 Å². The van der Waals surface area contributed by atoms with Crippen LogP contribution in [-0.2, 0) is 17.8 Å². The van der Waals surface area contributed by atoms with E-state index in [2.05, 4.69) is 15.8 Å². The smallest absolute Gasteiger partial charge is 0.305 e. The number of amides is 2. The number of halogens is 2. The first-order valence-corrected chi connectivity index (χ1v) is 8.77. The summed E-state index contributed by atoms with van der Waals surface area (Å²) in [7, 11) is 0.